The van der Waals surface area contributed by atoms with Gasteiger partial charge in [-0.05, 0) is 48.3 Å². The largest absolute Gasteiger partial charge is 0.543 e. The molecule has 0 amide bonds. The molecule has 0 aromatic heterocycles. The van der Waals surface area contributed by atoms with Crippen molar-refractivity contribution in [2.45, 2.75) is 52.2 Å². The minimum atomic E-state index is -1.87. The number of aromatic carboxylic acids is 1. The monoisotopic (exact) mass is 280 g/mol. The lowest BCUT2D eigenvalue weighted by Crippen LogP contribution is -2.43. The van der Waals surface area contributed by atoms with Crippen molar-refractivity contribution in [1.29, 1.82) is 0 Å². The van der Waals surface area contributed by atoms with Crippen LogP contribution in [0, 0.1) is 0 Å². The van der Waals surface area contributed by atoms with Gasteiger partial charge in [0.15, 0.2) is 0 Å². The Balaban J connectivity index is 3.08. The highest BCUT2D eigenvalue weighted by atomic mass is 28.4. The van der Waals surface area contributed by atoms with Gasteiger partial charge >= 0.3 is 5.97 Å². The smallest absolute Gasteiger partial charge is 0.335 e. The average Bonchev–Trinajstić information content (AvgIpc) is 2.26. The highest BCUT2D eigenvalue weighted by Gasteiger charge is 2.39. The average molecular weight is 280 g/mol. The van der Waals surface area contributed by atoms with Gasteiger partial charge in [0.05, 0.1) is 5.56 Å². The van der Waals surface area contributed by atoms with Crippen molar-refractivity contribution in [3.63, 3.8) is 0 Å². The summed E-state index contributed by atoms with van der Waals surface area (Å²) in [5.41, 5.74) is 1.19. The Hall–Kier alpha value is -1.29. The molecular formula is C15H24O3Si. The lowest BCUT2D eigenvalue weighted by atomic mass is 10.1. The normalized spacial score (nSPS) is 12.3. The van der Waals surface area contributed by atoms with Gasteiger partial charge in [-0.2, -0.15) is 0 Å². The van der Waals surface area contributed by atoms with Gasteiger partial charge in [0.25, 0.3) is 0 Å². The molecule has 0 heterocycles. The van der Waals surface area contributed by atoms with Gasteiger partial charge in [0.1, 0.15) is 5.75 Å². The first-order valence-corrected chi connectivity index (χ1v) is 9.54. The second-order valence-corrected chi connectivity index (χ2v) is 11.1. The van der Waals surface area contributed by atoms with Crippen molar-refractivity contribution in [2.24, 2.45) is 0 Å². The number of carboxylic acid groups (broad SMARTS) is 1. The Bertz CT molecular complexity index is 473. The fourth-order valence-corrected chi connectivity index (χ4v) is 2.60. The minimum Gasteiger partial charge on any atom is -0.543 e. The van der Waals surface area contributed by atoms with Crippen molar-refractivity contribution >= 4 is 14.3 Å². The van der Waals surface area contributed by atoms with E-state index in [0.29, 0.717) is 12.0 Å². The number of hydrogen-bond acceptors (Lipinski definition) is 2. The fraction of sp³-hybridized carbons (Fsp3) is 0.533. The van der Waals surface area contributed by atoms with Crippen molar-refractivity contribution in [2.75, 3.05) is 0 Å². The van der Waals surface area contributed by atoms with E-state index in [0.717, 1.165) is 11.3 Å². The molecule has 0 aliphatic carbocycles. The number of rotatable bonds is 4. The third-order valence-corrected chi connectivity index (χ3v) is 8.23. The number of carboxylic acids is 1. The van der Waals surface area contributed by atoms with Gasteiger partial charge in [-0.1, -0.05) is 27.7 Å². The van der Waals surface area contributed by atoms with Gasteiger partial charge in [0.2, 0.25) is 8.32 Å². The number of carbonyl (C=O) groups is 1. The quantitative estimate of drug-likeness (QED) is 0.835. The summed E-state index contributed by atoms with van der Waals surface area (Å²) >= 11 is 0. The summed E-state index contributed by atoms with van der Waals surface area (Å²) < 4.78 is 6.19. The number of hydrogen-bond donors (Lipinski definition) is 1. The fourth-order valence-electron chi connectivity index (χ4n) is 1.58. The molecule has 0 spiro atoms. The van der Waals surface area contributed by atoms with Gasteiger partial charge in [-0.15, -0.1) is 0 Å². The molecule has 3 nitrogen and oxygen atoms in total. The zero-order valence-electron chi connectivity index (χ0n) is 12.7. The Labute approximate surface area is 116 Å². The molecule has 1 aromatic rings. The highest BCUT2D eigenvalue weighted by Crippen LogP contribution is 2.37. The Morgan fingerprint density at radius 2 is 1.89 bits per heavy atom. The molecule has 1 aromatic carbocycles. The molecule has 0 aliphatic heterocycles. The maximum Gasteiger partial charge on any atom is 0.335 e. The summed E-state index contributed by atoms with van der Waals surface area (Å²) in [4.78, 5) is 11.1. The number of aryl methyl sites for hydroxylation is 1. The molecule has 1 rings (SSSR count). The van der Waals surface area contributed by atoms with E-state index in [1.54, 1.807) is 12.1 Å². The van der Waals surface area contributed by atoms with E-state index in [2.05, 4.69) is 33.9 Å². The van der Waals surface area contributed by atoms with E-state index in [4.69, 9.17) is 9.53 Å². The van der Waals surface area contributed by atoms with Gasteiger partial charge < -0.3 is 9.53 Å². The molecule has 1 N–H and O–H groups in total. The lowest BCUT2D eigenvalue weighted by Gasteiger charge is -2.36. The molecule has 0 radical (unpaired) electrons. The summed E-state index contributed by atoms with van der Waals surface area (Å²) in [6.07, 6.45) is 0.691. The first-order valence-electron chi connectivity index (χ1n) is 6.63. The molecule has 0 atom stereocenters. The van der Waals surface area contributed by atoms with Crippen LogP contribution in [-0.2, 0) is 6.42 Å². The van der Waals surface area contributed by atoms with Crippen LogP contribution in [0.1, 0.15) is 43.6 Å². The van der Waals surface area contributed by atoms with Crippen LogP contribution in [0.2, 0.25) is 18.1 Å². The molecule has 106 valence electrons. The van der Waals surface area contributed by atoms with Crippen LogP contribution in [0.3, 0.4) is 0 Å². The molecular weight excluding hydrogens is 256 g/mol. The van der Waals surface area contributed by atoms with E-state index >= 15 is 0 Å². The minimum absolute atomic E-state index is 0.130. The van der Waals surface area contributed by atoms with Crippen molar-refractivity contribution < 1.29 is 14.3 Å². The van der Waals surface area contributed by atoms with Crippen LogP contribution in [0.15, 0.2) is 18.2 Å². The van der Waals surface area contributed by atoms with E-state index in [-0.39, 0.29) is 5.04 Å². The van der Waals surface area contributed by atoms with Crippen LogP contribution in [0.5, 0.6) is 5.75 Å². The van der Waals surface area contributed by atoms with Crippen LogP contribution in [0.25, 0.3) is 0 Å². The van der Waals surface area contributed by atoms with E-state index in [9.17, 15) is 4.79 Å². The summed E-state index contributed by atoms with van der Waals surface area (Å²) in [7, 11) is -1.87. The van der Waals surface area contributed by atoms with Crippen molar-refractivity contribution in [3.05, 3.63) is 29.3 Å². The molecule has 4 heteroatoms. The summed E-state index contributed by atoms with van der Waals surface area (Å²) in [6, 6.07) is 5.27. The molecule has 0 aliphatic rings. The molecule has 0 unspecified atom stereocenters. The zero-order chi connectivity index (χ0) is 14.8. The van der Waals surface area contributed by atoms with E-state index in [1.165, 1.54) is 0 Å². The highest BCUT2D eigenvalue weighted by molar-refractivity contribution is 6.74. The SMILES string of the molecule is CCc1cc(O[Si](C)(C)C(C)(C)C)ccc1C(=O)O. The Kier molecular flexibility index (Phi) is 4.45. The third kappa shape index (κ3) is 3.59. The van der Waals surface area contributed by atoms with Crippen LogP contribution < -0.4 is 4.43 Å². The predicted molar refractivity (Wildman–Crippen MR) is 80.6 cm³/mol. The van der Waals surface area contributed by atoms with Gasteiger partial charge in [-0.3, -0.25) is 0 Å². The standard InChI is InChI=1S/C15H24O3Si/c1-7-11-10-12(8-9-13(11)14(16)17)18-19(5,6)15(2,3)4/h8-10H,7H2,1-6H3,(H,16,17). The van der Waals surface area contributed by atoms with E-state index in [1.807, 2.05) is 13.0 Å². The zero-order valence-corrected chi connectivity index (χ0v) is 13.7. The molecule has 0 saturated heterocycles. The molecule has 0 fully saturated rings. The molecule has 0 bridgehead atoms. The predicted octanol–water partition coefficient (Wildman–Crippen LogP) is 4.33. The van der Waals surface area contributed by atoms with Crippen LogP contribution >= 0.6 is 0 Å². The lowest BCUT2D eigenvalue weighted by molar-refractivity contribution is 0.0695. The number of benzene rings is 1. The Morgan fingerprint density at radius 3 is 2.32 bits per heavy atom. The van der Waals surface area contributed by atoms with Crippen LogP contribution in [0.4, 0.5) is 0 Å². The molecule has 19 heavy (non-hydrogen) atoms. The van der Waals surface area contributed by atoms with Crippen LogP contribution in [-0.4, -0.2) is 19.4 Å². The second kappa shape index (κ2) is 5.37. The van der Waals surface area contributed by atoms with Gasteiger partial charge in [-0.25, -0.2) is 4.79 Å². The first kappa shape index (κ1) is 15.8. The van der Waals surface area contributed by atoms with Gasteiger partial charge in [0, 0.05) is 0 Å². The topological polar surface area (TPSA) is 46.5 Å². The first-order chi connectivity index (χ1) is 8.58. The third-order valence-electron chi connectivity index (χ3n) is 3.87. The second-order valence-electron chi connectivity index (χ2n) is 6.34. The maximum atomic E-state index is 11.1. The van der Waals surface area contributed by atoms with Crippen molar-refractivity contribution in [1.82, 2.24) is 0 Å². The summed E-state index contributed by atoms with van der Waals surface area (Å²) in [6.45, 7) is 12.9. The summed E-state index contributed by atoms with van der Waals surface area (Å²) in [5.74, 6) is -0.0934. The maximum absolute atomic E-state index is 11.1. The Morgan fingerprint density at radius 1 is 1.32 bits per heavy atom. The molecule has 0 saturated carbocycles. The van der Waals surface area contributed by atoms with E-state index < -0.39 is 14.3 Å². The summed E-state index contributed by atoms with van der Waals surface area (Å²) in [5, 5.41) is 9.25. The van der Waals surface area contributed by atoms with Crippen molar-refractivity contribution in [3.8, 4) is 5.75 Å².